The average Bonchev–Trinajstić information content (AvgIpc) is 0.850. The Morgan fingerprint density at radius 1 is 0.357 bits per heavy atom. The van der Waals surface area contributed by atoms with Gasteiger partial charge in [0.15, 0.2) is 0 Å². The molecular weight excluding hydrogens is 1520 g/mol. The first-order chi connectivity index (χ1) is 53.3. The van der Waals surface area contributed by atoms with E-state index in [0.717, 1.165) is 20.8 Å². The number of benzene rings is 1. The predicted molar refractivity (Wildman–Crippen MR) is 402 cm³/mol. The normalized spacial score (nSPS) is 15.7. The molecule has 0 saturated carbocycles. The van der Waals surface area contributed by atoms with Gasteiger partial charge in [0.25, 0.3) is 5.97 Å². The minimum Gasteiger partial charge on any atom is -0.508 e. The van der Waals surface area contributed by atoms with Gasteiger partial charge < -0.3 is 127 Å². The number of nitrogens with one attached hydrogen (secondary N) is 13. The van der Waals surface area contributed by atoms with Crippen molar-refractivity contribution < 1.29 is 137 Å². The van der Waals surface area contributed by atoms with Crippen molar-refractivity contribution in [1.29, 1.82) is 0 Å². The number of phenolic OH excluding ortho intramolecular Hbond substituents is 1. The monoisotopic (exact) mass is 1640 g/mol. The molecule has 0 radical (unpaired) electrons. The fraction of sp³-hybridized carbons (Fsp3) is 0.634. The van der Waals surface area contributed by atoms with Crippen LogP contribution in [0.25, 0.3) is 0 Å². The third-order valence-corrected chi connectivity index (χ3v) is 17.3. The number of aromatic hydroxyl groups is 1. The van der Waals surface area contributed by atoms with Crippen LogP contribution >= 0.6 is 0 Å². The molecule has 1 rings (SSSR count). The number of amides is 15. The van der Waals surface area contributed by atoms with E-state index in [2.05, 4.69) is 69.1 Å². The molecule has 18 atom stereocenters. The predicted octanol–water partition coefficient (Wildman–Crippen LogP) is -6.32. The van der Waals surface area contributed by atoms with E-state index in [0.29, 0.717) is 5.56 Å². The van der Waals surface area contributed by atoms with E-state index in [1.165, 1.54) is 52.0 Å². The van der Waals surface area contributed by atoms with Gasteiger partial charge in [0.05, 0.1) is 31.5 Å². The maximum Gasteiger partial charge on any atom is 0.326 e. The molecular formula is C71H114N16O28. The summed E-state index contributed by atoms with van der Waals surface area (Å²) in [6, 6.07) is -18.8. The smallest absolute Gasteiger partial charge is 0.326 e. The summed E-state index contributed by atoms with van der Waals surface area (Å²) in [7, 11) is 0. The van der Waals surface area contributed by atoms with E-state index in [1.54, 1.807) is 41.5 Å². The summed E-state index contributed by atoms with van der Waals surface area (Å²) >= 11 is 0. The molecule has 27 N–H and O–H groups in total. The van der Waals surface area contributed by atoms with Gasteiger partial charge in [-0.2, -0.15) is 0 Å². The SMILES string of the molecule is CC(=O)O.CC[C@H](C)[C@H](NC(=O)[C@H](CCC(=O)O)NC(=O)[C@H](CCC(=O)O)NC(=O)[C@@H](NC(=O)[C@H](C)NC(=O)[C@H](CC(N)=O)NC(=O)[C@H](CC(N)=O)NC(=O)[C@H](CC(=O)O)NC(=O)[C@@H](NC(=O)[C@H](CC(C)C)NC(=O)[C@@H](C)NC(=O)[C@@H](N)[C@@H](C)O)[C@@H](C)CC)[C@@H](C)O)C(=O)N[C@@H](CC(C)C)C(=O)N[C@@H](Cc1ccc(O)cc1)C(=O)O. The molecule has 44 heteroatoms. The largest absolute Gasteiger partial charge is 0.508 e. The zero-order valence-corrected chi connectivity index (χ0v) is 66.3. The van der Waals surface area contributed by atoms with Crippen molar-refractivity contribution in [1.82, 2.24) is 69.1 Å². The Morgan fingerprint density at radius 2 is 0.652 bits per heavy atom. The Hall–Kier alpha value is -11.7. The molecule has 1 aromatic carbocycles. The third-order valence-electron chi connectivity index (χ3n) is 17.3. The Kier molecular flexibility index (Phi) is 45.9. The van der Waals surface area contributed by atoms with E-state index in [9.17, 15) is 127 Å². The van der Waals surface area contributed by atoms with Gasteiger partial charge in [-0.05, 0) is 94.7 Å². The third kappa shape index (κ3) is 40.1. The van der Waals surface area contributed by atoms with Gasteiger partial charge in [-0.1, -0.05) is 80.4 Å². The van der Waals surface area contributed by atoms with Crippen molar-refractivity contribution in [3.8, 4) is 5.75 Å². The highest BCUT2D eigenvalue weighted by Crippen LogP contribution is 2.17. The highest BCUT2D eigenvalue weighted by atomic mass is 16.4. The first-order valence-corrected chi connectivity index (χ1v) is 36.8. The maximum atomic E-state index is 14.2. The summed E-state index contributed by atoms with van der Waals surface area (Å²) < 4.78 is 0. The lowest BCUT2D eigenvalue weighted by Gasteiger charge is -2.30. The highest BCUT2D eigenvalue weighted by Gasteiger charge is 2.40. The molecule has 0 unspecified atom stereocenters. The molecule has 0 saturated heterocycles. The minimum absolute atomic E-state index is 0.0332. The topological polar surface area (TPSA) is 738 Å². The van der Waals surface area contributed by atoms with Crippen LogP contribution in [-0.2, 0) is 102 Å². The summed E-state index contributed by atoms with van der Waals surface area (Å²) in [5.74, 6) is -27.2. The molecule has 15 amide bonds. The van der Waals surface area contributed by atoms with Crippen LogP contribution in [0.5, 0.6) is 5.75 Å². The van der Waals surface area contributed by atoms with Gasteiger partial charge in [0, 0.05) is 26.2 Å². The second-order valence-electron chi connectivity index (χ2n) is 28.5. The summed E-state index contributed by atoms with van der Waals surface area (Å²) in [5.41, 5.74) is 16.9. The van der Waals surface area contributed by atoms with Crippen LogP contribution in [0.3, 0.4) is 0 Å². The second kappa shape index (κ2) is 51.1. The fourth-order valence-electron chi connectivity index (χ4n) is 10.5. The number of phenols is 1. The molecule has 115 heavy (non-hydrogen) atoms. The lowest BCUT2D eigenvalue weighted by Crippen LogP contribution is -2.62. The number of carboxylic acids is 5. The van der Waals surface area contributed by atoms with Gasteiger partial charge in [0.1, 0.15) is 90.3 Å². The van der Waals surface area contributed by atoms with Crippen molar-refractivity contribution in [3.05, 3.63) is 29.8 Å². The molecule has 646 valence electrons. The standard InChI is InChI=1S/C69H110N16O26.C2H4O2/c1-13-31(7)53(66(107)80-41(23-29(3)4)61(102)82-46(69(110)111)25-37-15-17-38(88)18-16-37)83-59(100)40(20-22-50(93)94)75-58(99)39(19-21-49(91)92)76-68(109)55(36(12)87)85-57(98)34(10)73-60(101)43(26-47(70)89)78-62(103)44(27-48(71)90)79-63(104)45(28-51(95)96)81-67(108)54(32(8)14-2)84-64(105)42(24-30(5)6)77-56(97)33(9)74-65(106)52(72)35(11)86;1-2(3)4/h15-18,29-36,39-46,52-55,86-88H,13-14,19-28,72H2,1-12H3,(H2,70,89)(H2,71,90)(H,73,101)(H,74,106)(H,75,99)(H,76,109)(H,77,97)(H,78,103)(H,79,104)(H,80,107)(H,81,108)(H,82,102)(H,83,100)(H,84,105)(H,85,98)(H,91,92)(H,93,94)(H,95,96)(H,110,111);1H3,(H,3,4)/t31-,32-,33+,34-,35+,36+,39-,40-,41-,42-,43-,44-,45-,46-,52-,53-,54-,55-;/m0./s1. The van der Waals surface area contributed by atoms with Gasteiger partial charge in [0.2, 0.25) is 88.6 Å². The van der Waals surface area contributed by atoms with Crippen LogP contribution in [0.1, 0.15) is 166 Å². The van der Waals surface area contributed by atoms with Gasteiger partial charge >= 0.3 is 23.9 Å². The van der Waals surface area contributed by atoms with Crippen molar-refractivity contribution in [2.24, 2.45) is 40.9 Å². The van der Waals surface area contributed by atoms with Crippen LogP contribution in [0.4, 0.5) is 0 Å². The number of aliphatic hydroxyl groups is 2. The van der Waals surface area contributed by atoms with Gasteiger partial charge in [-0.3, -0.25) is 91.1 Å². The van der Waals surface area contributed by atoms with Gasteiger partial charge in [-0.15, -0.1) is 0 Å². The van der Waals surface area contributed by atoms with E-state index >= 15 is 0 Å². The Bertz CT molecular complexity index is 3580. The molecule has 0 heterocycles. The van der Waals surface area contributed by atoms with Crippen molar-refractivity contribution in [3.63, 3.8) is 0 Å². The number of nitrogens with two attached hydrogens (primary N) is 3. The molecule has 0 aromatic heterocycles. The zero-order chi connectivity index (χ0) is 88.8. The van der Waals surface area contributed by atoms with E-state index in [1.807, 2.05) is 0 Å². The number of rotatable bonds is 51. The van der Waals surface area contributed by atoms with E-state index in [4.69, 9.17) is 27.1 Å². The summed E-state index contributed by atoms with van der Waals surface area (Å²) in [5, 5.41) is 106. The molecule has 0 aliphatic heterocycles. The van der Waals surface area contributed by atoms with Crippen LogP contribution in [0, 0.1) is 23.7 Å². The number of aliphatic hydroxyl groups excluding tert-OH is 2. The molecule has 1 aromatic rings. The number of hydrogen-bond donors (Lipinski definition) is 24. The molecule has 0 spiro atoms. The number of carbonyl (C=O) groups is 20. The number of hydrogen-bond acceptors (Lipinski definition) is 24. The first-order valence-electron chi connectivity index (χ1n) is 36.8. The van der Waals surface area contributed by atoms with E-state index in [-0.39, 0.29) is 49.7 Å². The number of carboxylic acid groups (broad SMARTS) is 5. The first kappa shape index (κ1) is 103. The molecule has 0 aliphatic carbocycles. The Morgan fingerprint density at radius 3 is 1.02 bits per heavy atom. The molecule has 0 bridgehead atoms. The lowest BCUT2D eigenvalue weighted by atomic mass is 9.96. The minimum atomic E-state index is -2.16. The number of aliphatic carboxylic acids is 5. The van der Waals surface area contributed by atoms with Crippen molar-refractivity contribution in [2.75, 3.05) is 0 Å². The van der Waals surface area contributed by atoms with Crippen molar-refractivity contribution >= 4 is 118 Å². The van der Waals surface area contributed by atoms with Crippen LogP contribution in [0.2, 0.25) is 0 Å². The molecule has 0 fully saturated rings. The average molecular weight is 1640 g/mol. The number of primary amides is 2. The summed E-state index contributed by atoms with van der Waals surface area (Å²) in [4.78, 5) is 262. The highest BCUT2D eigenvalue weighted by molar-refractivity contribution is 6.02. The Balaban J connectivity index is 0.0000317. The van der Waals surface area contributed by atoms with Crippen molar-refractivity contribution in [2.45, 2.75) is 264 Å². The van der Waals surface area contributed by atoms with Crippen LogP contribution < -0.4 is 86.3 Å². The van der Waals surface area contributed by atoms with Crippen LogP contribution in [0.15, 0.2) is 24.3 Å². The van der Waals surface area contributed by atoms with Gasteiger partial charge in [-0.25, -0.2) is 4.79 Å². The Labute approximate surface area is 662 Å². The maximum absolute atomic E-state index is 14.2. The van der Waals surface area contributed by atoms with Crippen LogP contribution in [-0.4, -0.2) is 256 Å². The number of carbonyl (C=O) groups excluding carboxylic acids is 15. The van der Waals surface area contributed by atoms with E-state index < -0.39 is 272 Å². The molecule has 0 aliphatic rings. The lowest BCUT2D eigenvalue weighted by molar-refractivity contribution is -0.142. The molecule has 44 nitrogen and oxygen atoms in total. The summed E-state index contributed by atoms with van der Waals surface area (Å²) in [6.45, 7) is 18.6. The fourth-order valence-corrected chi connectivity index (χ4v) is 10.5. The quantitative estimate of drug-likeness (QED) is 0.0288. The zero-order valence-electron chi connectivity index (χ0n) is 66.3. The summed E-state index contributed by atoms with van der Waals surface area (Å²) in [6.07, 6.45) is -9.77. The second-order valence-corrected chi connectivity index (χ2v) is 28.5.